The summed E-state index contributed by atoms with van der Waals surface area (Å²) < 4.78 is 26.0. The average molecular weight is 348 g/mol. The Bertz CT molecular complexity index is 818. The van der Waals surface area contributed by atoms with Crippen molar-refractivity contribution in [2.24, 2.45) is 0 Å². The van der Waals surface area contributed by atoms with E-state index in [1.807, 2.05) is 6.07 Å². The molecule has 130 valence electrons. The number of rotatable bonds is 4. The summed E-state index contributed by atoms with van der Waals surface area (Å²) in [7, 11) is -3.13. The van der Waals surface area contributed by atoms with Crippen LogP contribution >= 0.6 is 0 Å². The molecule has 0 radical (unpaired) electrons. The maximum atomic E-state index is 11.6. The molecule has 1 unspecified atom stereocenters. The molecule has 0 aliphatic carbocycles. The van der Waals surface area contributed by atoms with E-state index in [1.165, 1.54) is 23.6 Å². The van der Waals surface area contributed by atoms with Gasteiger partial charge in [0.2, 0.25) is 10.0 Å². The third-order valence-corrected chi connectivity index (χ3v) is 6.16. The lowest BCUT2D eigenvalue weighted by atomic mass is 9.82. The van der Waals surface area contributed by atoms with Gasteiger partial charge in [-0.1, -0.05) is 6.42 Å². The lowest BCUT2D eigenvalue weighted by Crippen LogP contribution is -2.56. The van der Waals surface area contributed by atoms with Crippen molar-refractivity contribution in [3.05, 3.63) is 30.1 Å². The Morgan fingerprint density at radius 3 is 2.79 bits per heavy atom. The molecule has 2 aliphatic rings. The molecule has 24 heavy (non-hydrogen) atoms. The second kappa shape index (κ2) is 6.13. The first-order valence-electron chi connectivity index (χ1n) is 8.63. The van der Waals surface area contributed by atoms with Crippen LogP contribution in [0.3, 0.4) is 0 Å². The Balaban J connectivity index is 1.54. The number of fused-ring (bicyclic) bond motifs is 3. The molecule has 0 spiro atoms. The minimum absolute atomic E-state index is 0.0798. The summed E-state index contributed by atoms with van der Waals surface area (Å²) in [5.74, 6) is 0. The minimum atomic E-state index is -3.13. The van der Waals surface area contributed by atoms with Crippen LogP contribution in [0.1, 0.15) is 37.7 Å². The lowest BCUT2D eigenvalue weighted by Gasteiger charge is -2.49. The largest absolute Gasteiger partial charge is 0.346 e. The molecule has 2 saturated heterocycles. The van der Waals surface area contributed by atoms with E-state index in [0.29, 0.717) is 12.1 Å². The molecule has 6 nitrogen and oxygen atoms in total. The monoisotopic (exact) mass is 348 g/mol. The SMILES string of the molecule is CS(=O)(=O)NC1C[C@H]2CCC[C@@H](C1)N2Cc1c[nH]c2ncccc12. The number of aromatic amines is 1. The van der Waals surface area contributed by atoms with Crippen LogP contribution in [0.15, 0.2) is 24.5 Å². The van der Waals surface area contributed by atoms with E-state index in [0.717, 1.165) is 37.9 Å². The number of nitrogens with one attached hydrogen (secondary N) is 2. The first kappa shape index (κ1) is 16.1. The van der Waals surface area contributed by atoms with Gasteiger partial charge in [0.1, 0.15) is 5.65 Å². The number of pyridine rings is 1. The molecule has 0 aromatic carbocycles. The maximum absolute atomic E-state index is 11.6. The summed E-state index contributed by atoms with van der Waals surface area (Å²) in [4.78, 5) is 10.2. The Hall–Kier alpha value is -1.44. The van der Waals surface area contributed by atoms with Gasteiger partial charge in [0.25, 0.3) is 0 Å². The van der Waals surface area contributed by atoms with Gasteiger partial charge in [-0.2, -0.15) is 0 Å². The normalized spacial score (nSPS) is 28.3. The second-order valence-corrected chi connectivity index (χ2v) is 8.96. The van der Waals surface area contributed by atoms with Gasteiger partial charge in [-0.15, -0.1) is 0 Å². The first-order valence-corrected chi connectivity index (χ1v) is 10.5. The van der Waals surface area contributed by atoms with Gasteiger partial charge < -0.3 is 4.98 Å². The summed E-state index contributed by atoms with van der Waals surface area (Å²) in [5, 5.41) is 1.19. The van der Waals surface area contributed by atoms with Crippen molar-refractivity contribution in [3.8, 4) is 0 Å². The predicted molar refractivity (Wildman–Crippen MR) is 94.1 cm³/mol. The molecule has 0 saturated carbocycles. The van der Waals surface area contributed by atoms with Crippen LogP contribution < -0.4 is 4.72 Å². The third-order valence-electron chi connectivity index (χ3n) is 5.40. The molecule has 2 aromatic rings. The van der Waals surface area contributed by atoms with E-state index in [-0.39, 0.29) is 6.04 Å². The summed E-state index contributed by atoms with van der Waals surface area (Å²) in [6.45, 7) is 0.909. The molecule has 0 amide bonds. The van der Waals surface area contributed by atoms with Gasteiger partial charge in [0.05, 0.1) is 6.26 Å². The van der Waals surface area contributed by atoms with Gasteiger partial charge in [-0.3, -0.25) is 4.90 Å². The molecular weight excluding hydrogens is 324 g/mol. The highest BCUT2D eigenvalue weighted by Gasteiger charge is 2.39. The number of hydrogen-bond donors (Lipinski definition) is 2. The van der Waals surface area contributed by atoms with Crippen LogP contribution in [0.4, 0.5) is 0 Å². The van der Waals surface area contributed by atoms with Gasteiger partial charge in [0.15, 0.2) is 0 Å². The minimum Gasteiger partial charge on any atom is -0.346 e. The van der Waals surface area contributed by atoms with Crippen LogP contribution in [-0.4, -0.2) is 47.7 Å². The molecule has 4 heterocycles. The summed E-state index contributed by atoms with van der Waals surface area (Å²) in [5.41, 5.74) is 2.22. The van der Waals surface area contributed by atoms with E-state index < -0.39 is 10.0 Å². The van der Waals surface area contributed by atoms with Crippen molar-refractivity contribution in [3.63, 3.8) is 0 Å². The number of sulfonamides is 1. The van der Waals surface area contributed by atoms with Crippen molar-refractivity contribution in [2.45, 2.75) is 56.8 Å². The van der Waals surface area contributed by atoms with Gasteiger partial charge in [-0.05, 0) is 43.4 Å². The zero-order valence-electron chi connectivity index (χ0n) is 13.9. The Morgan fingerprint density at radius 1 is 1.33 bits per heavy atom. The second-order valence-electron chi connectivity index (χ2n) is 7.18. The van der Waals surface area contributed by atoms with E-state index in [1.54, 1.807) is 6.20 Å². The van der Waals surface area contributed by atoms with Crippen LogP contribution in [-0.2, 0) is 16.6 Å². The number of nitrogens with zero attached hydrogens (tertiary/aromatic N) is 2. The zero-order valence-corrected chi connectivity index (χ0v) is 14.7. The quantitative estimate of drug-likeness (QED) is 0.886. The fourth-order valence-corrected chi connectivity index (χ4v) is 5.27. The number of hydrogen-bond acceptors (Lipinski definition) is 4. The smallest absolute Gasteiger partial charge is 0.208 e. The van der Waals surface area contributed by atoms with Crippen LogP contribution in [0.5, 0.6) is 0 Å². The van der Waals surface area contributed by atoms with Crippen LogP contribution in [0, 0.1) is 0 Å². The van der Waals surface area contributed by atoms with Gasteiger partial charge >= 0.3 is 0 Å². The number of aromatic nitrogens is 2. The highest BCUT2D eigenvalue weighted by Crippen LogP contribution is 2.36. The molecular formula is C17H24N4O2S. The van der Waals surface area contributed by atoms with Crippen molar-refractivity contribution in [1.82, 2.24) is 19.6 Å². The molecule has 2 N–H and O–H groups in total. The van der Waals surface area contributed by atoms with E-state index in [9.17, 15) is 8.42 Å². The molecule has 2 bridgehead atoms. The standard InChI is InChI=1S/C17H24N4O2S/c1-24(22,23)20-13-8-14-4-2-5-15(9-13)21(14)11-12-10-19-17-16(12)6-3-7-18-17/h3,6-7,10,13-15,20H,2,4-5,8-9,11H2,1H3,(H,18,19)/t13?,14-,15+. The topological polar surface area (TPSA) is 78.1 Å². The highest BCUT2D eigenvalue weighted by atomic mass is 32.2. The Kier molecular flexibility index (Phi) is 4.10. The van der Waals surface area contributed by atoms with Crippen LogP contribution in [0.25, 0.3) is 11.0 Å². The summed E-state index contributed by atoms with van der Waals surface area (Å²) >= 11 is 0. The highest BCUT2D eigenvalue weighted by molar-refractivity contribution is 7.88. The van der Waals surface area contributed by atoms with E-state index in [2.05, 4.69) is 31.9 Å². The first-order chi connectivity index (χ1) is 11.5. The lowest BCUT2D eigenvalue weighted by molar-refractivity contribution is 0.0220. The molecule has 2 aromatic heterocycles. The maximum Gasteiger partial charge on any atom is 0.208 e. The van der Waals surface area contributed by atoms with Crippen molar-refractivity contribution < 1.29 is 8.42 Å². The third kappa shape index (κ3) is 3.20. The fourth-order valence-electron chi connectivity index (χ4n) is 4.48. The predicted octanol–water partition coefficient (Wildman–Crippen LogP) is 2.00. The molecule has 2 aliphatic heterocycles. The fraction of sp³-hybridized carbons (Fsp3) is 0.588. The number of piperidine rings is 2. The van der Waals surface area contributed by atoms with Gasteiger partial charge in [0, 0.05) is 42.5 Å². The molecule has 3 atom stereocenters. The molecule has 4 rings (SSSR count). The van der Waals surface area contributed by atoms with Gasteiger partial charge in [-0.25, -0.2) is 18.1 Å². The van der Waals surface area contributed by atoms with Crippen LogP contribution in [0.2, 0.25) is 0 Å². The van der Waals surface area contributed by atoms with Crippen molar-refractivity contribution in [2.75, 3.05) is 6.26 Å². The van der Waals surface area contributed by atoms with Crippen molar-refractivity contribution >= 4 is 21.1 Å². The summed E-state index contributed by atoms with van der Waals surface area (Å²) in [6, 6.07) is 5.08. The average Bonchev–Trinajstić information content (AvgIpc) is 2.90. The van der Waals surface area contributed by atoms with E-state index >= 15 is 0 Å². The summed E-state index contributed by atoms with van der Waals surface area (Å²) in [6.07, 6.45) is 10.5. The van der Waals surface area contributed by atoms with E-state index in [4.69, 9.17) is 0 Å². The van der Waals surface area contributed by atoms with Crippen molar-refractivity contribution in [1.29, 1.82) is 0 Å². The zero-order chi connectivity index (χ0) is 16.7. The Morgan fingerprint density at radius 2 is 2.08 bits per heavy atom. The molecule has 7 heteroatoms. The number of H-pyrrole nitrogens is 1. The molecule has 2 fully saturated rings. The Labute approximate surface area is 142 Å².